The van der Waals surface area contributed by atoms with Crippen molar-refractivity contribution in [3.8, 4) is 5.75 Å². The van der Waals surface area contributed by atoms with Crippen LogP contribution in [0.2, 0.25) is 0 Å². The highest BCUT2D eigenvalue weighted by Gasteiger charge is 2.42. The standard InChI is InChI=1S/C24H30N4O4/c29-16-27-23(30)21-14-20(32-19-6-10-25-11-7-19)15-26-22(21)24(31)28-12-8-18(9-13-28)17-4-2-1-3-5-17/h1-7,10-11,18,20-22,26,29H,8-9,12-16H2,(H,27,30)/t20-,21-,22-/m0/s1. The molecule has 2 aliphatic rings. The van der Waals surface area contributed by atoms with Crippen molar-refractivity contribution in [2.45, 2.75) is 37.3 Å². The van der Waals surface area contributed by atoms with E-state index in [9.17, 15) is 14.7 Å². The second-order valence-electron chi connectivity index (χ2n) is 8.36. The smallest absolute Gasteiger partial charge is 0.240 e. The lowest BCUT2D eigenvalue weighted by Gasteiger charge is -2.40. The molecule has 2 amide bonds. The lowest BCUT2D eigenvalue weighted by Crippen LogP contribution is -2.61. The van der Waals surface area contributed by atoms with Gasteiger partial charge >= 0.3 is 0 Å². The zero-order valence-corrected chi connectivity index (χ0v) is 18.0. The Balaban J connectivity index is 1.39. The van der Waals surface area contributed by atoms with E-state index in [0.717, 1.165) is 12.8 Å². The number of aromatic nitrogens is 1. The maximum Gasteiger partial charge on any atom is 0.240 e. The molecule has 0 unspecified atom stereocenters. The average molecular weight is 439 g/mol. The molecule has 1 aromatic heterocycles. The summed E-state index contributed by atoms with van der Waals surface area (Å²) in [4.78, 5) is 31.9. The zero-order valence-electron chi connectivity index (χ0n) is 18.0. The molecule has 2 saturated heterocycles. The van der Waals surface area contributed by atoms with E-state index in [4.69, 9.17) is 4.74 Å². The number of hydrogen-bond acceptors (Lipinski definition) is 6. The molecule has 2 fully saturated rings. The quantitative estimate of drug-likeness (QED) is 0.587. The van der Waals surface area contributed by atoms with Gasteiger partial charge in [-0.15, -0.1) is 0 Å². The SMILES string of the molecule is O=C(NCO)[C@H]1C[C@H](Oc2ccncc2)CN[C@@H]1C(=O)N1CCC(c2ccccc2)CC1. The van der Waals surface area contributed by atoms with Crippen molar-refractivity contribution >= 4 is 11.8 Å². The fraction of sp³-hybridized carbons (Fsp3) is 0.458. The summed E-state index contributed by atoms with van der Waals surface area (Å²) in [5.41, 5.74) is 1.31. The maximum absolute atomic E-state index is 13.4. The Bertz CT molecular complexity index is 887. The van der Waals surface area contributed by atoms with E-state index in [1.807, 2.05) is 23.1 Å². The molecule has 0 bridgehead atoms. The first-order chi connectivity index (χ1) is 15.7. The van der Waals surface area contributed by atoms with Crippen molar-refractivity contribution in [1.29, 1.82) is 0 Å². The molecule has 0 radical (unpaired) electrons. The van der Waals surface area contributed by atoms with Crippen LogP contribution in [-0.4, -0.2) is 65.3 Å². The second-order valence-corrected chi connectivity index (χ2v) is 8.36. The number of nitrogens with one attached hydrogen (secondary N) is 2. The molecular formula is C24H30N4O4. The Hall–Kier alpha value is -2.97. The monoisotopic (exact) mass is 438 g/mol. The molecule has 0 saturated carbocycles. The van der Waals surface area contributed by atoms with Crippen LogP contribution in [0.1, 0.15) is 30.7 Å². The summed E-state index contributed by atoms with van der Waals surface area (Å²) in [5, 5.41) is 14.9. The number of likely N-dealkylation sites (tertiary alicyclic amines) is 1. The first-order valence-electron chi connectivity index (χ1n) is 11.2. The number of ether oxygens (including phenoxy) is 1. The van der Waals surface area contributed by atoms with Gasteiger partial charge < -0.3 is 25.4 Å². The Morgan fingerprint density at radius 2 is 1.84 bits per heavy atom. The van der Waals surface area contributed by atoms with E-state index in [1.54, 1.807) is 24.5 Å². The summed E-state index contributed by atoms with van der Waals surface area (Å²) in [7, 11) is 0. The van der Waals surface area contributed by atoms with Gasteiger partial charge in [0.05, 0.1) is 12.0 Å². The fourth-order valence-corrected chi connectivity index (χ4v) is 4.68. The molecule has 1 aromatic carbocycles. The third-order valence-electron chi connectivity index (χ3n) is 6.37. The van der Waals surface area contributed by atoms with Crippen molar-refractivity contribution in [2.75, 3.05) is 26.4 Å². The van der Waals surface area contributed by atoms with Crippen LogP contribution in [0.4, 0.5) is 0 Å². The van der Waals surface area contributed by atoms with Crippen molar-refractivity contribution in [3.63, 3.8) is 0 Å². The van der Waals surface area contributed by atoms with Gasteiger partial charge in [-0.05, 0) is 42.9 Å². The Morgan fingerprint density at radius 1 is 1.12 bits per heavy atom. The first-order valence-corrected chi connectivity index (χ1v) is 11.2. The summed E-state index contributed by atoms with van der Waals surface area (Å²) >= 11 is 0. The molecule has 0 spiro atoms. The maximum atomic E-state index is 13.4. The summed E-state index contributed by atoms with van der Waals surface area (Å²) in [6, 6.07) is 13.3. The van der Waals surface area contributed by atoms with Crippen LogP contribution in [0.5, 0.6) is 5.75 Å². The van der Waals surface area contributed by atoms with Crippen molar-refractivity contribution in [1.82, 2.24) is 20.5 Å². The Kier molecular flexibility index (Phi) is 7.34. The van der Waals surface area contributed by atoms with E-state index in [1.165, 1.54) is 5.56 Å². The Morgan fingerprint density at radius 3 is 2.53 bits per heavy atom. The van der Waals surface area contributed by atoms with Crippen LogP contribution >= 0.6 is 0 Å². The molecule has 3 heterocycles. The molecule has 170 valence electrons. The number of aliphatic hydroxyl groups is 1. The lowest BCUT2D eigenvalue weighted by atomic mass is 9.85. The van der Waals surface area contributed by atoms with Crippen LogP contribution in [0.15, 0.2) is 54.9 Å². The molecule has 2 aliphatic heterocycles. The number of benzene rings is 1. The second kappa shape index (κ2) is 10.6. The van der Waals surface area contributed by atoms with E-state index in [-0.39, 0.29) is 17.9 Å². The zero-order chi connectivity index (χ0) is 22.3. The topological polar surface area (TPSA) is 104 Å². The molecule has 2 aromatic rings. The average Bonchev–Trinajstić information content (AvgIpc) is 2.85. The van der Waals surface area contributed by atoms with Gasteiger partial charge in [-0.25, -0.2) is 0 Å². The summed E-state index contributed by atoms with van der Waals surface area (Å²) in [6.45, 7) is 1.33. The molecule has 8 heteroatoms. The minimum Gasteiger partial charge on any atom is -0.489 e. The highest BCUT2D eigenvalue weighted by molar-refractivity contribution is 5.90. The van der Waals surface area contributed by atoms with Gasteiger partial charge in [0.1, 0.15) is 18.6 Å². The summed E-state index contributed by atoms with van der Waals surface area (Å²) < 4.78 is 5.98. The number of rotatable bonds is 6. The highest BCUT2D eigenvalue weighted by Crippen LogP contribution is 2.29. The normalized spacial score (nSPS) is 24.0. The molecule has 4 rings (SSSR count). The number of aliphatic hydroxyl groups excluding tert-OH is 1. The van der Waals surface area contributed by atoms with Gasteiger partial charge in [-0.3, -0.25) is 14.6 Å². The number of nitrogens with zero attached hydrogens (tertiary/aromatic N) is 2. The molecule has 0 aliphatic carbocycles. The number of piperidine rings is 2. The van der Waals surface area contributed by atoms with Gasteiger partial charge in [-0.1, -0.05) is 30.3 Å². The van der Waals surface area contributed by atoms with E-state index in [2.05, 4.69) is 27.8 Å². The Labute approximate surface area is 188 Å². The van der Waals surface area contributed by atoms with Gasteiger partial charge in [0, 0.05) is 32.0 Å². The summed E-state index contributed by atoms with van der Waals surface area (Å²) in [5.74, 6) is 0.0895. The van der Waals surface area contributed by atoms with Gasteiger partial charge in [0.2, 0.25) is 11.8 Å². The van der Waals surface area contributed by atoms with Crippen LogP contribution in [0.3, 0.4) is 0 Å². The summed E-state index contributed by atoms with van der Waals surface area (Å²) in [6.07, 6.45) is 5.23. The van der Waals surface area contributed by atoms with Crippen LogP contribution in [0, 0.1) is 5.92 Å². The largest absolute Gasteiger partial charge is 0.489 e. The lowest BCUT2D eigenvalue weighted by molar-refractivity contribution is -0.142. The van der Waals surface area contributed by atoms with Crippen LogP contribution < -0.4 is 15.4 Å². The van der Waals surface area contributed by atoms with Gasteiger partial charge in [0.15, 0.2) is 0 Å². The highest BCUT2D eigenvalue weighted by atomic mass is 16.5. The van der Waals surface area contributed by atoms with Crippen molar-refractivity contribution in [2.24, 2.45) is 5.92 Å². The minimum atomic E-state index is -0.632. The number of carbonyl (C=O) groups is 2. The molecule has 32 heavy (non-hydrogen) atoms. The fourth-order valence-electron chi connectivity index (χ4n) is 4.68. The van der Waals surface area contributed by atoms with E-state index in [0.29, 0.717) is 37.7 Å². The number of hydrogen-bond donors (Lipinski definition) is 3. The number of carbonyl (C=O) groups excluding carboxylic acids is 2. The van der Waals surface area contributed by atoms with Gasteiger partial charge in [-0.2, -0.15) is 0 Å². The molecule has 3 N–H and O–H groups in total. The van der Waals surface area contributed by atoms with Gasteiger partial charge in [0.25, 0.3) is 0 Å². The third-order valence-corrected chi connectivity index (χ3v) is 6.37. The van der Waals surface area contributed by atoms with Crippen LogP contribution in [0.25, 0.3) is 0 Å². The van der Waals surface area contributed by atoms with Crippen molar-refractivity contribution in [3.05, 3.63) is 60.4 Å². The predicted molar refractivity (Wildman–Crippen MR) is 119 cm³/mol. The van der Waals surface area contributed by atoms with Crippen LogP contribution in [-0.2, 0) is 9.59 Å². The van der Waals surface area contributed by atoms with Crippen molar-refractivity contribution < 1.29 is 19.4 Å². The van der Waals surface area contributed by atoms with E-state index < -0.39 is 18.7 Å². The number of pyridine rings is 1. The molecule has 8 nitrogen and oxygen atoms in total. The third kappa shape index (κ3) is 5.26. The number of amides is 2. The minimum absolute atomic E-state index is 0.0584. The molecular weight excluding hydrogens is 408 g/mol. The first kappa shape index (κ1) is 22.2. The van der Waals surface area contributed by atoms with E-state index >= 15 is 0 Å². The predicted octanol–water partition coefficient (Wildman–Crippen LogP) is 1.28. The molecule has 3 atom stereocenters.